The van der Waals surface area contributed by atoms with Crippen LogP contribution in [-0.2, 0) is 14.8 Å². The van der Waals surface area contributed by atoms with E-state index in [9.17, 15) is 13.2 Å². The van der Waals surface area contributed by atoms with Gasteiger partial charge in [0.15, 0.2) is 0 Å². The van der Waals surface area contributed by atoms with Crippen molar-refractivity contribution < 1.29 is 13.2 Å². The van der Waals surface area contributed by atoms with Gasteiger partial charge in [-0.1, -0.05) is 26.0 Å². The van der Waals surface area contributed by atoms with Crippen LogP contribution in [0.5, 0.6) is 0 Å². The van der Waals surface area contributed by atoms with Crippen LogP contribution in [0.2, 0.25) is 0 Å². The lowest BCUT2D eigenvalue weighted by Crippen LogP contribution is -2.44. The average Bonchev–Trinajstić information content (AvgIpc) is 2.37. The zero-order valence-electron chi connectivity index (χ0n) is 14.0. The third kappa shape index (κ3) is 5.42. The molecule has 0 radical (unpaired) electrons. The number of aryl methyl sites for hydroxylation is 1. The Balaban J connectivity index is 2.96. The standard InChI is InChI=1S/C16H26N2O3S/c1-6-18(15-9-7-8-14(4)10-15)16(19)12-17(11-13(2)3)22(5,20)21/h7-10,13H,6,11-12H2,1-5H3. The number of carbonyl (C=O) groups is 1. The lowest BCUT2D eigenvalue weighted by atomic mass is 10.2. The number of hydrogen-bond acceptors (Lipinski definition) is 3. The molecule has 1 rings (SSSR count). The van der Waals surface area contributed by atoms with E-state index in [4.69, 9.17) is 0 Å². The molecule has 0 aliphatic rings. The van der Waals surface area contributed by atoms with Crippen molar-refractivity contribution >= 4 is 21.6 Å². The Labute approximate surface area is 134 Å². The Morgan fingerprint density at radius 2 is 1.91 bits per heavy atom. The van der Waals surface area contributed by atoms with Crippen LogP contribution in [0.15, 0.2) is 24.3 Å². The van der Waals surface area contributed by atoms with E-state index < -0.39 is 10.0 Å². The Bertz CT molecular complexity index is 612. The van der Waals surface area contributed by atoms with Gasteiger partial charge in [0.2, 0.25) is 15.9 Å². The summed E-state index contributed by atoms with van der Waals surface area (Å²) in [6.45, 7) is 8.43. The summed E-state index contributed by atoms with van der Waals surface area (Å²) in [4.78, 5) is 14.2. The van der Waals surface area contributed by atoms with Gasteiger partial charge >= 0.3 is 0 Å². The van der Waals surface area contributed by atoms with Gasteiger partial charge < -0.3 is 4.90 Å². The van der Waals surface area contributed by atoms with E-state index >= 15 is 0 Å². The number of rotatable bonds is 7. The van der Waals surface area contributed by atoms with Crippen molar-refractivity contribution in [2.45, 2.75) is 27.7 Å². The van der Waals surface area contributed by atoms with Gasteiger partial charge in [0, 0.05) is 18.8 Å². The first-order valence-electron chi connectivity index (χ1n) is 7.47. The van der Waals surface area contributed by atoms with Crippen LogP contribution in [0.3, 0.4) is 0 Å². The van der Waals surface area contributed by atoms with Crippen molar-refractivity contribution in [3.8, 4) is 0 Å². The predicted molar refractivity (Wildman–Crippen MR) is 90.5 cm³/mol. The number of carbonyl (C=O) groups excluding carboxylic acids is 1. The predicted octanol–water partition coefficient (Wildman–Crippen LogP) is 2.27. The maximum atomic E-state index is 12.5. The van der Waals surface area contributed by atoms with Crippen LogP contribution >= 0.6 is 0 Å². The largest absolute Gasteiger partial charge is 0.312 e. The fourth-order valence-electron chi connectivity index (χ4n) is 2.26. The van der Waals surface area contributed by atoms with Crippen LogP contribution in [-0.4, -0.2) is 44.5 Å². The maximum Gasteiger partial charge on any atom is 0.242 e. The molecule has 6 heteroatoms. The van der Waals surface area contributed by atoms with E-state index in [0.717, 1.165) is 17.5 Å². The zero-order valence-corrected chi connectivity index (χ0v) is 14.9. The summed E-state index contributed by atoms with van der Waals surface area (Å²) in [5, 5.41) is 0. The van der Waals surface area contributed by atoms with E-state index in [2.05, 4.69) is 0 Å². The van der Waals surface area contributed by atoms with Crippen molar-refractivity contribution in [2.75, 3.05) is 30.8 Å². The number of likely N-dealkylation sites (N-methyl/N-ethyl adjacent to an activating group) is 1. The molecule has 0 atom stereocenters. The molecule has 22 heavy (non-hydrogen) atoms. The van der Waals surface area contributed by atoms with E-state index in [0.29, 0.717) is 13.1 Å². The second kappa shape index (κ2) is 7.74. The van der Waals surface area contributed by atoms with Gasteiger partial charge in [0.05, 0.1) is 12.8 Å². The first-order valence-corrected chi connectivity index (χ1v) is 9.32. The van der Waals surface area contributed by atoms with E-state index in [1.807, 2.05) is 52.0 Å². The molecule has 1 aromatic rings. The highest BCUT2D eigenvalue weighted by Gasteiger charge is 2.24. The topological polar surface area (TPSA) is 57.7 Å². The minimum absolute atomic E-state index is 0.126. The van der Waals surface area contributed by atoms with Gasteiger partial charge in [-0.3, -0.25) is 4.79 Å². The number of anilines is 1. The lowest BCUT2D eigenvalue weighted by molar-refractivity contribution is -0.118. The van der Waals surface area contributed by atoms with Crippen LogP contribution in [0.1, 0.15) is 26.3 Å². The van der Waals surface area contributed by atoms with Gasteiger partial charge in [-0.25, -0.2) is 8.42 Å². The molecular formula is C16H26N2O3S. The van der Waals surface area contributed by atoms with Crippen molar-refractivity contribution in [3.63, 3.8) is 0 Å². The highest BCUT2D eigenvalue weighted by Crippen LogP contribution is 2.17. The second-order valence-electron chi connectivity index (χ2n) is 5.93. The summed E-state index contributed by atoms with van der Waals surface area (Å²) in [5.74, 6) is -0.0456. The van der Waals surface area contributed by atoms with Crippen LogP contribution in [0, 0.1) is 12.8 Å². The smallest absolute Gasteiger partial charge is 0.242 e. The van der Waals surface area contributed by atoms with Crippen molar-refractivity contribution in [2.24, 2.45) is 5.92 Å². The van der Waals surface area contributed by atoms with Crippen LogP contribution in [0.4, 0.5) is 5.69 Å². The second-order valence-corrected chi connectivity index (χ2v) is 7.91. The summed E-state index contributed by atoms with van der Waals surface area (Å²) in [6.07, 6.45) is 1.14. The number of hydrogen-bond donors (Lipinski definition) is 0. The van der Waals surface area contributed by atoms with Gasteiger partial charge in [0.1, 0.15) is 0 Å². The molecular weight excluding hydrogens is 300 g/mol. The molecule has 0 N–H and O–H groups in total. The molecule has 0 aliphatic carbocycles. The highest BCUT2D eigenvalue weighted by molar-refractivity contribution is 7.88. The normalized spacial score (nSPS) is 12.0. The molecule has 0 saturated carbocycles. The van der Waals surface area contributed by atoms with Crippen molar-refractivity contribution in [3.05, 3.63) is 29.8 Å². The highest BCUT2D eigenvalue weighted by atomic mass is 32.2. The quantitative estimate of drug-likeness (QED) is 0.772. The maximum absolute atomic E-state index is 12.5. The van der Waals surface area contributed by atoms with Gasteiger partial charge in [-0.2, -0.15) is 4.31 Å². The molecule has 5 nitrogen and oxygen atoms in total. The third-order valence-corrected chi connectivity index (χ3v) is 4.50. The molecule has 0 bridgehead atoms. The van der Waals surface area contributed by atoms with Crippen molar-refractivity contribution in [1.82, 2.24) is 4.31 Å². The van der Waals surface area contributed by atoms with E-state index in [1.54, 1.807) is 4.90 Å². The van der Waals surface area contributed by atoms with Crippen LogP contribution in [0.25, 0.3) is 0 Å². The minimum Gasteiger partial charge on any atom is -0.312 e. The number of sulfonamides is 1. The minimum atomic E-state index is -3.40. The summed E-state index contributed by atoms with van der Waals surface area (Å²) < 4.78 is 25.0. The Hall–Kier alpha value is -1.40. The van der Waals surface area contributed by atoms with Crippen LogP contribution < -0.4 is 4.90 Å². The fraction of sp³-hybridized carbons (Fsp3) is 0.562. The SMILES string of the molecule is CCN(C(=O)CN(CC(C)C)S(C)(=O)=O)c1cccc(C)c1. The van der Waals surface area contributed by atoms with E-state index in [-0.39, 0.29) is 18.4 Å². The molecule has 1 aromatic carbocycles. The Morgan fingerprint density at radius 1 is 1.27 bits per heavy atom. The molecule has 0 aromatic heterocycles. The number of benzene rings is 1. The first kappa shape index (κ1) is 18.6. The summed E-state index contributed by atoms with van der Waals surface area (Å²) in [6, 6.07) is 7.64. The first-order chi connectivity index (χ1) is 10.1. The molecule has 0 unspecified atom stereocenters. The molecule has 0 saturated heterocycles. The molecule has 0 aliphatic heterocycles. The molecule has 0 heterocycles. The van der Waals surface area contributed by atoms with Gasteiger partial charge in [0.25, 0.3) is 0 Å². The lowest BCUT2D eigenvalue weighted by Gasteiger charge is -2.26. The van der Waals surface area contributed by atoms with Gasteiger partial charge in [-0.15, -0.1) is 0 Å². The molecule has 124 valence electrons. The van der Waals surface area contributed by atoms with E-state index in [1.165, 1.54) is 4.31 Å². The van der Waals surface area contributed by atoms with Gasteiger partial charge in [-0.05, 0) is 37.5 Å². The number of nitrogens with zero attached hydrogens (tertiary/aromatic N) is 2. The Morgan fingerprint density at radius 3 is 2.36 bits per heavy atom. The van der Waals surface area contributed by atoms with Crippen molar-refractivity contribution in [1.29, 1.82) is 0 Å². The molecule has 0 spiro atoms. The number of amides is 1. The third-order valence-electron chi connectivity index (χ3n) is 3.28. The summed E-state index contributed by atoms with van der Waals surface area (Å²) in [7, 11) is -3.40. The Kier molecular flexibility index (Phi) is 6.56. The monoisotopic (exact) mass is 326 g/mol. The summed E-state index contributed by atoms with van der Waals surface area (Å²) in [5.41, 5.74) is 1.86. The summed E-state index contributed by atoms with van der Waals surface area (Å²) >= 11 is 0. The molecule has 0 fully saturated rings. The molecule has 1 amide bonds. The zero-order chi connectivity index (χ0) is 16.9. The average molecular weight is 326 g/mol. The fourth-order valence-corrected chi connectivity index (χ4v) is 3.17.